The van der Waals surface area contributed by atoms with Crippen molar-refractivity contribution in [3.63, 3.8) is 0 Å². The fourth-order valence-electron chi connectivity index (χ4n) is 4.64. The number of pyridine rings is 1. The molecule has 5 nitrogen and oxygen atoms in total. The summed E-state index contributed by atoms with van der Waals surface area (Å²) in [6.45, 7) is 8.47. The monoisotopic (exact) mass is 487 g/mol. The molecule has 0 bridgehead atoms. The molecule has 3 aromatic rings. The van der Waals surface area contributed by atoms with Crippen molar-refractivity contribution < 1.29 is 13.9 Å². The van der Waals surface area contributed by atoms with Crippen LogP contribution >= 0.6 is 15.9 Å². The van der Waals surface area contributed by atoms with Crippen molar-refractivity contribution in [3.05, 3.63) is 58.7 Å². The molecular weight excluding hydrogens is 461 g/mol. The lowest BCUT2D eigenvalue weighted by Gasteiger charge is -2.45. The first kappa shape index (κ1) is 22.0. The highest BCUT2D eigenvalue weighted by atomic mass is 79.9. The van der Waals surface area contributed by atoms with Gasteiger partial charge in [-0.05, 0) is 86.8 Å². The van der Waals surface area contributed by atoms with E-state index in [0.29, 0.717) is 21.9 Å². The molecule has 0 aliphatic carbocycles. The predicted molar refractivity (Wildman–Crippen MR) is 122 cm³/mol. The Morgan fingerprint density at radius 3 is 2.52 bits per heavy atom. The molecule has 1 aliphatic heterocycles. The van der Waals surface area contributed by atoms with Gasteiger partial charge in [-0.2, -0.15) is 0 Å². The summed E-state index contributed by atoms with van der Waals surface area (Å²) in [6.07, 6.45) is 5.39. The second-order valence-electron chi connectivity index (χ2n) is 9.24. The second-order valence-corrected chi connectivity index (χ2v) is 10.1. The molecule has 1 aromatic carbocycles. The van der Waals surface area contributed by atoms with Crippen LogP contribution in [0.4, 0.5) is 4.39 Å². The fraction of sp³-hybridized carbons (Fsp3) is 0.417. The number of halogens is 2. The van der Waals surface area contributed by atoms with Crippen molar-refractivity contribution >= 4 is 15.9 Å². The van der Waals surface area contributed by atoms with E-state index < -0.39 is 0 Å². The third-order valence-corrected chi connectivity index (χ3v) is 6.20. The molecule has 1 saturated heterocycles. The first-order valence-corrected chi connectivity index (χ1v) is 11.1. The van der Waals surface area contributed by atoms with E-state index in [4.69, 9.17) is 14.5 Å². The summed E-state index contributed by atoms with van der Waals surface area (Å²) < 4.78 is 28.5. The van der Waals surface area contributed by atoms with Crippen LogP contribution in [-0.2, 0) is 4.74 Å². The summed E-state index contributed by atoms with van der Waals surface area (Å²) >= 11 is 3.24. The average molecular weight is 488 g/mol. The summed E-state index contributed by atoms with van der Waals surface area (Å²) in [5.41, 5.74) is 1.88. The molecule has 31 heavy (non-hydrogen) atoms. The van der Waals surface area contributed by atoms with E-state index in [1.54, 1.807) is 19.4 Å². The quantitative estimate of drug-likeness (QED) is 0.433. The molecule has 0 saturated carbocycles. The van der Waals surface area contributed by atoms with Crippen molar-refractivity contribution in [1.82, 2.24) is 14.5 Å². The molecule has 1 aliphatic rings. The topological polar surface area (TPSA) is 49.2 Å². The largest absolute Gasteiger partial charge is 0.480 e. The smallest absolute Gasteiger partial charge is 0.224 e. The van der Waals surface area contributed by atoms with E-state index in [1.807, 2.05) is 29.0 Å². The normalized spacial score (nSPS) is 18.2. The van der Waals surface area contributed by atoms with Crippen LogP contribution in [0, 0.1) is 5.82 Å². The van der Waals surface area contributed by atoms with Crippen LogP contribution in [0.15, 0.2) is 47.2 Å². The maximum Gasteiger partial charge on any atom is 0.224 e. The van der Waals surface area contributed by atoms with Crippen molar-refractivity contribution in [1.29, 1.82) is 0 Å². The van der Waals surface area contributed by atoms with Gasteiger partial charge < -0.3 is 9.47 Å². The standard InChI is InChI=1S/C24H27BrFN3O2/c1-23(2)12-15(13-24(3,4)31-23)20-14-29(16-8-9-18(25)19(26)11-16)21(28-20)17-7-6-10-27-22(17)30-5/h6-11,14-15H,12-13H2,1-5H3. The Kier molecular flexibility index (Phi) is 5.68. The van der Waals surface area contributed by atoms with Gasteiger partial charge in [0.05, 0.1) is 39.7 Å². The Morgan fingerprint density at radius 2 is 1.87 bits per heavy atom. The van der Waals surface area contributed by atoms with E-state index in [2.05, 4.69) is 48.6 Å². The zero-order valence-electron chi connectivity index (χ0n) is 18.4. The highest BCUT2D eigenvalue weighted by Gasteiger charge is 2.41. The average Bonchev–Trinajstić information content (AvgIpc) is 3.13. The Balaban J connectivity index is 1.87. The number of aromatic nitrogens is 3. The van der Waals surface area contributed by atoms with Gasteiger partial charge in [-0.1, -0.05) is 0 Å². The van der Waals surface area contributed by atoms with Gasteiger partial charge in [-0.15, -0.1) is 0 Å². The van der Waals surface area contributed by atoms with E-state index in [-0.39, 0.29) is 22.9 Å². The van der Waals surface area contributed by atoms with E-state index in [0.717, 1.165) is 24.1 Å². The summed E-state index contributed by atoms with van der Waals surface area (Å²) in [7, 11) is 1.59. The second kappa shape index (κ2) is 8.02. The van der Waals surface area contributed by atoms with Crippen LogP contribution in [0.1, 0.15) is 52.1 Å². The molecule has 1 fully saturated rings. The summed E-state index contributed by atoms with van der Waals surface area (Å²) in [6, 6.07) is 8.83. The first-order chi connectivity index (χ1) is 14.6. The summed E-state index contributed by atoms with van der Waals surface area (Å²) in [4.78, 5) is 9.36. The van der Waals surface area contributed by atoms with Crippen molar-refractivity contribution in [2.75, 3.05) is 7.11 Å². The molecule has 0 N–H and O–H groups in total. The Bertz CT molecular complexity index is 1090. The summed E-state index contributed by atoms with van der Waals surface area (Å²) in [5.74, 6) is 1.03. The first-order valence-electron chi connectivity index (χ1n) is 10.3. The number of benzene rings is 1. The van der Waals surface area contributed by atoms with Gasteiger partial charge in [-0.25, -0.2) is 14.4 Å². The minimum absolute atomic E-state index is 0.210. The molecule has 0 amide bonds. The third kappa shape index (κ3) is 4.53. The molecule has 4 rings (SSSR count). The zero-order valence-corrected chi connectivity index (χ0v) is 20.0. The van der Waals surface area contributed by atoms with E-state index in [9.17, 15) is 4.39 Å². The van der Waals surface area contributed by atoms with Gasteiger partial charge in [0, 0.05) is 18.3 Å². The maximum atomic E-state index is 14.4. The molecule has 0 atom stereocenters. The van der Waals surface area contributed by atoms with Gasteiger partial charge in [0.15, 0.2) is 0 Å². The van der Waals surface area contributed by atoms with Crippen LogP contribution in [0.2, 0.25) is 0 Å². The van der Waals surface area contributed by atoms with Crippen molar-refractivity contribution in [2.45, 2.75) is 57.7 Å². The van der Waals surface area contributed by atoms with Crippen LogP contribution in [0.5, 0.6) is 5.88 Å². The molecule has 3 heterocycles. The van der Waals surface area contributed by atoms with Crippen LogP contribution in [-0.4, -0.2) is 32.8 Å². The molecule has 0 radical (unpaired) electrons. The number of ether oxygens (including phenoxy) is 2. The number of rotatable bonds is 4. The molecule has 164 valence electrons. The van der Waals surface area contributed by atoms with Gasteiger partial charge in [0.1, 0.15) is 11.6 Å². The van der Waals surface area contributed by atoms with Crippen LogP contribution in [0.25, 0.3) is 17.1 Å². The highest BCUT2D eigenvalue weighted by molar-refractivity contribution is 9.10. The van der Waals surface area contributed by atoms with Crippen LogP contribution in [0.3, 0.4) is 0 Å². The number of nitrogens with zero attached hydrogens (tertiary/aromatic N) is 3. The van der Waals surface area contributed by atoms with E-state index in [1.165, 1.54) is 6.07 Å². The molecular formula is C24H27BrFN3O2. The minimum atomic E-state index is -0.329. The lowest BCUT2D eigenvalue weighted by atomic mass is 9.79. The fourth-order valence-corrected chi connectivity index (χ4v) is 4.89. The van der Waals surface area contributed by atoms with Crippen molar-refractivity contribution in [3.8, 4) is 23.0 Å². The number of methoxy groups -OCH3 is 1. The molecule has 0 unspecified atom stereocenters. The molecule has 0 spiro atoms. The Hall–Kier alpha value is -2.25. The molecule has 7 heteroatoms. The molecule has 2 aromatic heterocycles. The van der Waals surface area contributed by atoms with Gasteiger partial charge in [-0.3, -0.25) is 4.57 Å². The zero-order chi connectivity index (χ0) is 22.4. The van der Waals surface area contributed by atoms with Gasteiger partial charge in [0.2, 0.25) is 5.88 Å². The third-order valence-electron chi connectivity index (χ3n) is 5.56. The number of hydrogen-bond acceptors (Lipinski definition) is 4. The number of imidazole rings is 1. The minimum Gasteiger partial charge on any atom is -0.480 e. The SMILES string of the molecule is COc1ncccc1-c1nc(C2CC(C)(C)OC(C)(C)C2)cn1-c1ccc(Br)c(F)c1. The van der Waals surface area contributed by atoms with E-state index >= 15 is 0 Å². The summed E-state index contributed by atoms with van der Waals surface area (Å²) in [5, 5.41) is 0. The predicted octanol–water partition coefficient (Wildman–Crippen LogP) is 6.30. The van der Waals surface area contributed by atoms with Crippen molar-refractivity contribution in [2.24, 2.45) is 0 Å². The highest BCUT2D eigenvalue weighted by Crippen LogP contribution is 2.44. The van der Waals surface area contributed by atoms with Gasteiger partial charge >= 0.3 is 0 Å². The Labute approximate surface area is 190 Å². The Morgan fingerprint density at radius 1 is 1.16 bits per heavy atom. The lowest BCUT2D eigenvalue weighted by molar-refractivity contribution is -0.162. The number of hydrogen-bond donors (Lipinski definition) is 0. The maximum absolute atomic E-state index is 14.4. The van der Waals surface area contributed by atoms with Crippen LogP contribution < -0.4 is 4.74 Å². The lowest BCUT2D eigenvalue weighted by Crippen LogP contribution is -2.44. The van der Waals surface area contributed by atoms with Gasteiger partial charge in [0.25, 0.3) is 0 Å².